The SMILES string of the molecule is Cc1c(C(=O)N2C[C@@H](C)[C@H](C(=O)O)C2)sc2nc(C(F)(F)F)ccc12. The van der Waals surface area contributed by atoms with Crippen LogP contribution in [0.4, 0.5) is 13.2 Å². The molecule has 1 aliphatic heterocycles. The number of rotatable bonds is 2. The minimum Gasteiger partial charge on any atom is -0.481 e. The highest BCUT2D eigenvalue weighted by atomic mass is 32.1. The number of aryl methyl sites for hydroxylation is 1. The van der Waals surface area contributed by atoms with Gasteiger partial charge in [0.1, 0.15) is 10.5 Å². The first kappa shape index (κ1) is 17.7. The third-order valence-electron chi connectivity index (χ3n) is 4.51. The number of fused-ring (bicyclic) bond motifs is 1. The summed E-state index contributed by atoms with van der Waals surface area (Å²) in [5.74, 6) is -2.11. The summed E-state index contributed by atoms with van der Waals surface area (Å²) < 4.78 is 38.4. The molecule has 0 radical (unpaired) electrons. The van der Waals surface area contributed by atoms with Gasteiger partial charge in [-0.2, -0.15) is 13.2 Å². The van der Waals surface area contributed by atoms with E-state index in [1.807, 2.05) is 0 Å². The number of carboxylic acids is 1. The molecule has 134 valence electrons. The maximum Gasteiger partial charge on any atom is 0.433 e. The van der Waals surface area contributed by atoms with Gasteiger partial charge >= 0.3 is 12.1 Å². The van der Waals surface area contributed by atoms with E-state index in [4.69, 9.17) is 0 Å². The summed E-state index contributed by atoms with van der Waals surface area (Å²) in [7, 11) is 0. The topological polar surface area (TPSA) is 70.5 Å². The highest BCUT2D eigenvalue weighted by molar-refractivity contribution is 7.20. The van der Waals surface area contributed by atoms with E-state index in [1.165, 1.54) is 11.0 Å². The van der Waals surface area contributed by atoms with Gasteiger partial charge in [0.05, 0.1) is 10.8 Å². The molecule has 3 heterocycles. The Balaban J connectivity index is 1.95. The highest BCUT2D eigenvalue weighted by Crippen LogP contribution is 2.35. The second-order valence-electron chi connectivity index (χ2n) is 6.24. The average Bonchev–Trinajstić information content (AvgIpc) is 3.06. The molecule has 0 spiro atoms. The summed E-state index contributed by atoms with van der Waals surface area (Å²) in [5.41, 5.74) is -0.432. The van der Waals surface area contributed by atoms with E-state index in [2.05, 4.69) is 4.98 Å². The number of hydrogen-bond acceptors (Lipinski definition) is 4. The van der Waals surface area contributed by atoms with E-state index < -0.39 is 23.8 Å². The molecule has 1 saturated heterocycles. The van der Waals surface area contributed by atoms with Gasteiger partial charge in [-0.25, -0.2) is 4.98 Å². The number of likely N-dealkylation sites (tertiary alicyclic amines) is 1. The Morgan fingerprint density at radius 2 is 2.00 bits per heavy atom. The molecule has 0 bridgehead atoms. The third-order valence-corrected chi connectivity index (χ3v) is 5.69. The lowest BCUT2D eigenvalue weighted by molar-refractivity contribution is -0.142. The predicted molar refractivity (Wildman–Crippen MR) is 85.6 cm³/mol. The summed E-state index contributed by atoms with van der Waals surface area (Å²) in [4.78, 5) is 29.5. The number of carbonyl (C=O) groups excluding carboxylic acids is 1. The molecule has 0 aromatic carbocycles. The van der Waals surface area contributed by atoms with Crippen molar-refractivity contribution >= 4 is 33.4 Å². The molecular weight excluding hydrogens is 357 g/mol. The second kappa shape index (κ2) is 5.98. The Hall–Kier alpha value is -2.16. The number of pyridine rings is 1. The maximum atomic E-state index is 12.8. The minimum absolute atomic E-state index is 0.101. The minimum atomic E-state index is -4.55. The van der Waals surface area contributed by atoms with Crippen LogP contribution in [0.25, 0.3) is 10.2 Å². The first-order valence-corrected chi connectivity index (χ1v) is 8.40. The molecule has 5 nitrogen and oxygen atoms in total. The third kappa shape index (κ3) is 3.08. The molecule has 0 saturated carbocycles. The quantitative estimate of drug-likeness (QED) is 0.877. The van der Waals surface area contributed by atoms with Crippen molar-refractivity contribution < 1.29 is 27.9 Å². The van der Waals surface area contributed by atoms with Crippen molar-refractivity contribution in [2.24, 2.45) is 11.8 Å². The van der Waals surface area contributed by atoms with Gasteiger partial charge in [-0.1, -0.05) is 6.92 Å². The fraction of sp³-hybridized carbons (Fsp3) is 0.438. The van der Waals surface area contributed by atoms with Crippen LogP contribution in [0.15, 0.2) is 12.1 Å². The second-order valence-corrected chi connectivity index (χ2v) is 7.23. The van der Waals surface area contributed by atoms with Gasteiger partial charge in [0.15, 0.2) is 0 Å². The van der Waals surface area contributed by atoms with Gasteiger partial charge < -0.3 is 10.0 Å². The van der Waals surface area contributed by atoms with E-state index in [0.717, 1.165) is 17.4 Å². The van der Waals surface area contributed by atoms with Crippen molar-refractivity contribution in [2.45, 2.75) is 20.0 Å². The Morgan fingerprint density at radius 3 is 2.56 bits per heavy atom. The van der Waals surface area contributed by atoms with Crippen LogP contribution < -0.4 is 0 Å². The lowest BCUT2D eigenvalue weighted by Gasteiger charge is -2.15. The zero-order valence-electron chi connectivity index (χ0n) is 13.4. The molecule has 2 atom stereocenters. The molecule has 0 unspecified atom stereocenters. The van der Waals surface area contributed by atoms with Crippen LogP contribution in [0.2, 0.25) is 0 Å². The highest BCUT2D eigenvalue weighted by Gasteiger charge is 2.38. The smallest absolute Gasteiger partial charge is 0.433 e. The van der Waals surface area contributed by atoms with Crippen molar-refractivity contribution in [1.29, 1.82) is 0 Å². The predicted octanol–water partition coefficient (Wildman–Crippen LogP) is 3.42. The molecule has 1 aliphatic rings. The standard InChI is InChI=1S/C16H15F3N2O3S/c1-7-5-21(6-10(7)15(23)24)14(22)12-8(2)9-3-4-11(16(17,18)19)20-13(9)25-12/h3-4,7,10H,5-6H2,1-2H3,(H,23,24)/t7-,10-/m1/s1. The van der Waals surface area contributed by atoms with Crippen LogP contribution in [0.5, 0.6) is 0 Å². The number of amides is 1. The lowest BCUT2D eigenvalue weighted by Crippen LogP contribution is -2.29. The average molecular weight is 372 g/mol. The van der Waals surface area contributed by atoms with Crippen molar-refractivity contribution in [3.8, 4) is 0 Å². The van der Waals surface area contributed by atoms with Crippen LogP contribution in [0.3, 0.4) is 0 Å². The fourth-order valence-electron chi connectivity index (χ4n) is 3.06. The van der Waals surface area contributed by atoms with Gasteiger partial charge in [-0.15, -0.1) is 11.3 Å². The Bertz CT molecular complexity index is 862. The van der Waals surface area contributed by atoms with Gasteiger partial charge in [0, 0.05) is 18.5 Å². The lowest BCUT2D eigenvalue weighted by atomic mass is 9.99. The maximum absolute atomic E-state index is 12.8. The van der Waals surface area contributed by atoms with Gasteiger partial charge in [0.2, 0.25) is 0 Å². The van der Waals surface area contributed by atoms with Gasteiger partial charge in [0.25, 0.3) is 5.91 Å². The van der Waals surface area contributed by atoms with Crippen molar-refractivity contribution in [1.82, 2.24) is 9.88 Å². The number of hydrogen-bond donors (Lipinski definition) is 1. The number of thiophene rings is 1. The molecular formula is C16H15F3N2O3S. The largest absolute Gasteiger partial charge is 0.481 e. The van der Waals surface area contributed by atoms with Crippen molar-refractivity contribution in [2.75, 3.05) is 13.1 Å². The Morgan fingerprint density at radius 1 is 1.32 bits per heavy atom. The monoisotopic (exact) mass is 372 g/mol. The molecule has 0 aliphatic carbocycles. The number of halogens is 3. The molecule has 9 heteroatoms. The summed E-state index contributed by atoms with van der Waals surface area (Å²) in [6.07, 6.45) is -4.55. The summed E-state index contributed by atoms with van der Waals surface area (Å²) in [6.45, 7) is 3.84. The van der Waals surface area contributed by atoms with E-state index in [0.29, 0.717) is 22.4 Å². The van der Waals surface area contributed by atoms with Crippen LogP contribution in [-0.2, 0) is 11.0 Å². The molecule has 1 amide bonds. The number of aliphatic carboxylic acids is 1. The van der Waals surface area contributed by atoms with Crippen LogP contribution in [-0.4, -0.2) is 40.0 Å². The number of carbonyl (C=O) groups is 2. The molecule has 2 aromatic heterocycles. The first-order valence-electron chi connectivity index (χ1n) is 7.59. The molecule has 3 rings (SSSR count). The number of carboxylic acid groups (broad SMARTS) is 1. The summed E-state index contributed by atoms with van der Waals surface area (Å²) in [6, 6.07) is 2.22. The normalized spacial score (nSPS) is 21.1. The van der Waals surface area contributed by atoms with Crippen LogP contribution in [0, 0.1) is 18.8 Å². The number of nitrogens with zero attached hydrogens (tertiary/aromatic N) is 2. The van der Waals surface area contributed by atoms with E-state index in [9.17, 15) is 27.9 Å². The van der Waals surface area contributed by atoms with Crippen molar-refractivity contribution in [3.05, 3.63) is 28.3 Å². The van der Waals surface area contributed by atoms with Crippen LogP contribution in [0.1, 0.15) is 27.9 Å². The summed E-state index contributed by atoms with van der Waals surface area (Å²) >= 11 is 0.910. The molecule has 25 heavy (non-hydrogen) atoms. The van der Waals surface area contributed by atoms with Gasteiger partial charge in [-0.05, 0) is 30.5 Å². The van der Waals surface area contributed by atoms with Crippen LogP contribution >= 0.6 is 11.3 Å². The molecule has 1 fully saturated rings. The van der Waals surface area contributed by atoms with E-state index in [-0.39, 0.29) is 23.2 Å². The molecule has 2 aromatic rings. The zero-order chi connectivity index (χ0) is 18.5. The van der Waals surface area contributed by atoms with E-state index >= 15 is 0 Å². The number of aromatic nitrogens is 1. The fourth-order valence-corrected chi connectivity index (χ4v) is 4.21. The summed E-state index contributed by atoms with van der Waals surface area (Å²) in [5, 5.41) is 9.68. The van der Waals surface area contributed by atoms with E-state index in [1.54, 1.807) is 13.8 Å². The Kier molecular flexibility index (Phi) is 4.22. The molecule has 1 N–H and O–H groups in total. The van der Waals surface area contributed by atoms with Crippen molar-refractivity contribution in [3.63, 3.8) is 0 Å². The Labute approximate surface area is 145 Å². The zero-order valence-corrected chi connectivity index (χ0v) is 14.2. The first-order chi connectivity index (χ1) is 11.6. The van der Waals surface area contributed by atoms with Gasteiger partial charge in [-0.3, -0.25) is 9.59 Å². The number of alkyl halides is 3.